The minimum Gasteiger partial charge on any atom is -0.457 e. The van der Waals surface area contributed by atoms with Gasteiger partial charge in [0.1, 0.15) is 13.2 Å². The van der Waals surface area contributed by atoms with Crippen LogP contribution in [0.25, 0.3) is 32.3 Å². The van der Waals surface area contributed by atoms with Gasteiger partial charge in [0.15, 0.2) is 46.5 Å². The highest BCUT2D eigenvalue weighted by atomic mass is 19.2. The monoisotopic (exact) mass is 650 g/mol. The van der Waals surface area contributed by atoms with Crippen LogP contribution in [0.5, 0.6) is 0 Å². The lowest BCUT2D eigenvalue weighted by Crippen LogP contribution is -2.17. The van der Waals surface area contributed by atoms with E-state index in [4.69, 9.17) is 9.47 Å². The molecule has 0 saturated carbocycles. The van der Waals surface area contributed by atoms with Gasteiger partial charge in [-0.15, -0.1) is 0 Å². The van der Waals surface area contributed by atoms with Crippen molar-refractivity contribution >= 4 is 44.3 Å². The summed E-state index contributed by atoms with van der Waals surface area (Å²) in [5.41, 5.74) is -4.34. The number of ether oxygens (including phenoxy) is 2. The van der Waals surface area contributed by atoms with Gasteiger partial charge in [-0.2, -0.15) is 0 Å². The van der Waals surface area contributed by atoms with E-state index in [0.29, 0.717) is 26.9 Å². The van der Waals surface area contributed by atoms with E-state index in [1.165, 1.54) is 18.2 Å². The Hall–Kier alpha value is -5.40. The Morgan fingerprint density at radius 3 is 1.39 bits per heavy atom. The predicted molar refractivity (Wildman–Crippen MR) is 141 cm³/mol. The van der Waals surface area contributed by atoms with Gasteiger partial charge >= 0.3 is 11.9 Å². The van der Waals surface area contributed by atoms with Crippen LogP contribution in [0.15, 0.2) is 48.5 Å². The molecule has 0 fully saturated rings. The van der Waals surface area contributed by atoms with Gasteiger partial charge in [0, 0.05) is 0 Å². The molecule has 0 saturated heterocycles. The third kappa shape index (κ3) is 4.63. The molecule has 0 aliphatic carbocycles. The molecule has 6 aromatic carbocycles. The van der Waals surface area contributed by atoms with Crippen molar-refractivity contribution < 1.29 is 63.0 Å². The molecule has 0 heterocycles. The summed E-state index contributed by atoms with van der Waals surface area (Å²) in [5, 5.41) is 2.60. The standard InChI is InChI=1S/C32H12F10O4/c33-21-16(22(34)26(38)29(41)25(21)37)9-45-31(43)15-8-13-5-4-11-2-1-3-12-6-7-14(19(13)18(11)12)20(15)32(44)46-10-17-23(35)27(39)30(42)28(40)24(17)36/h1-8H,9-10H2. The van der Waals surface area contributed by atoms with Crippen molar-refractivity contribution in [1.29, 1.82) is 0 Å². The molecular formula is C32H12F10O4. The molecule has 6 aromatic rings. The van der Waals surface area contributed by atoms with Crippen LogP contribution in [0.1, 0.15) is 31.8 Å². The van der Waals surface area contributed by atoms with Gasteiger partial charge < -0.3 is 9.47 Å². The Morgan fingerprint density at radius 1 is 0.478 bits per heavy atom. The number of halogens is 10. The number of hydrogen-bond acceptors (Lipinski definition) is 4. The molecule has 0 radical (unpaired) electrons. The number of hydrogen-bond donors (Lipinski definition) is 0. The average Bonchev–Trinajstić information content (AvgIpc) is 3.06. The first-order chi connectivity index (χ1) is 21.8. The fourth-order valence-electron chi connectivity index (χ4n) is 5.17. The summed E-state index contributed by atoms with van der Waals surface area (Å²) >= 11 is 0. The molecular weight excluding hydrogens is 638 g/mol. The van der Waals surface area contributed by atoms with Crippen LogP contribution < -0.4 is 0 Å². The summed E-state index contributed by atoms with van der Waals surface area (Å²) in [6, 6.07) is 12.4. The van der Waals surface area contributed by atoms with Gasteiger partial charge in [0.05, 0.1) is 22.3 Å². The Kier molecular flexibility index (Phi) is 7.45. The molecule has 0 aliphatic rings. The normalized spacial score (nSPS) is 11.6. The zero-order valence-electron chi connectivity index (χ0n) is 22.4. The van der Waals surface area contributed by atoms with Crippen LogP contribution in [-0.2, 0) is 22.7 Å². The van der Waals surface area contributed by atoms with Gasteiger partial charge in [-0.3, -0.25) is 0 Å². The van der Waals surface area contributed by atoms with E-state index in [1.807, 2.05) is 0 Å². The van der Waals surface area contributed by atoms with Crippen molar-refractivity contribution in [2.45, 2.75) is 13.2 Å². The van der Waals surface area contributed by atoms with Gasteiger partial charge in [-0.1, -0.05) is 42.5 Å². The molecule has 0 spiro atoms. The minimum absolute atomic E-state index is 0.0209. The first kappa shape index (κ1) is 30.6. The second kappa shape index (κ2) is 11.2. The number of carbonyl (C=O) groups excluding carboxylic acids is 2. The van der Waals surface area contributed by atoms with Gasteiger partial charge in [0.25, 0.3) is 0 Å². The van der Waals surface area contributed by atoms with E-state index >= 15 is 0 Å². The van der Waals surface area contributed by atoms with Crippen LogP contribution in [0, 0.1) is 58.2 Å². The molecule has 0 amide bonds. The third-order valence-electron chi connectivity index (χ3n) is 7.37. The predicted octanol–water partition coefficient (Wildman–Crippen LogP) is 8.69. The fraction of sp³-hybridized carbons (Fsp3) is 0.0625. The Balaban J connectivity index is 1.46. The lowest BCUT2D eigenvalue weighted by Gasteiger charge is -2.17. The second-order valence-electron chi connectivity index (χ2n) is 9.90. The molecule has 0 unspecified atom stereocenters. The largest absolute Gasteiger partial charge is 0.457 e. The number of esters is 2. The SMILES string of the molecule is O=C(OCc1c(F)c(F)c(F)c(F)c1F)c1cc2ccc3cccc4ccc(c1C(=O)OCc1c(F)c(F)c(F)c(F)c1F)c2c34. The smallest absolute Gasteiger partial charge is 0.339 e. The first-order valence-electron chi connectivity index (χ1n) is 12.9. The summed E-state index contributed by atoms with van der Waals surface area (Å²) in [5.74, 6) is -26.3. The van der Waals surface area contributed by atoms with Crippen LogP contribution in [-0.4, -0.2) is 11.9 Å². The molecule has 0 aromatic heterocycles. The molecule has 46 heavy (non-hydrogen) atoms. The van der Waals surface area contributed by atoms with Crippen molar-refractivity contribution in [3.05, 3.63) is 129 Å². The number of rotatable bonds is 6. The lowest BCUT2D eigenvalue weighted by molar-refractivity contribution is 0.0416. The number of carbonyl (C=O) groups is 2. The third-order valence-corrected chi connectivity index (χ3v) is 7.37. The fourth-order valence-corrected chi connectivity index (χ4v) is 5.17. The quantitative estimate of drug-likeness (QED) is 0.0596. The maximum atomic E-state index is 14.3. The Morgan fingerprint density at radius 2 is 0.891 bits per heavy atom. The minimum atomic E-state index is -2.45. The van der Waals surface area contributed by atoms with Crippen LogP contribution in [0.3, 0.4) is 0 Å². The highest BCUT2D eigenvalue weighted by molar-refractivity contribution is 6.28. The number of benzene rings is 6. The molecule has 0 N–H and O–H groups in total. The van der Waals surface area contributed by atoms with E-state index in [2.05, 4.69) is 0 Å². The van der Waals surface area contributed by atoms with Gasteiger partial charge in [-0.05, 0) is 38.4 Å². The molecule has 4 nitrogen and oxygen atoms in total. The van der Waals surface area contributed by atoms with Crippen molar-refractivity contribution in [3.63, 3.8) is 0 Å². The summed E-state index contributed by atoms with van der Waals surface area (Å²) in [7, 11) is 0. The highest BCUT2D eigenvalue weighted by Gasteiger charge is 2.31. The van der Waals surface area contributed by atoms with Crippen molar-refractivity contribution in [1.82, 2.24) is 0 Å². The van der Waals surface area contributed by atoms with Crippen molar-refractivity contribution in [2.24, 2.45) is 0 Å². The maximum Gasteiger partial charge on any atom is 0.339 e. The van der Waals surface area contributed by atoms with Gasteiger partial charge in [0.2, 0.25) is 11.6 Å². The second-order valence-corrected chi connectivity index (χ2v) is 9.90. The lowest BCUT2D eigenvalue weighted by atomic mass is 9.89. The molecule has 0 aliphatic heterocycles. The highest BCUT2D eigenvalue weighted by Crippen LogP contribution is 2.38. The van der Waals surface area contributed by atoms with E-state index in [9.17, 15) is 53.5 Å². The van der Waals surface area contributed by atoms with Crippen LogP contribution >= 0.6 is 0 Å². The van der Waals surface area contributed by atoms with Crippen molar-refractivity contribution in [2.75, 3.05) is 0 Å². The summed E-state index contributed by atoms with van der Waals surface area (Å²) in [6.45, 7) is -2.99. The first-order valence-corrected chi connectivity index (χ1v) is 12.9. The van der Waals surface area contributed by atoms with E-state index < -0.39 is 106 Å². The zero-order valence-corrected chi connectivity index (χ0v) is 22.4. The maximum absolute atomic E-state index is 14.3. The Labute approximate surface area is 249 Å². The summed E-state index contributed by atoms with van der Waals surface area (Å²) in [4.78, 5) is 26.7. The van der Waals surface area contributed by atoms with Crippen LogP contribution in [0.2, 0.25) is 0 Å². The van der Waals surface area contributed by atoms with E-state index in [-0.39, 0.29) is 5.39 Å². The molecule has 234 valence electrons. The van der Waals surface area contributed by atoms with Crippen molar-refractivity contribution in [3.8, 4) is 0 Å². The molecule has 0 bridgehead atoms. The van der Waals surface area contributed by atoms with Gasteiger partial charge in [-0.25, -0.2) is 53.5 Å². The van der Waals surface area contributed by atoms with E-state index in [1.54, 1.807) is 24.3 Å². The molecule has 0 atom stereocenters. The summed E-state index contributed by atoms with van der Waals surface area (Å²) < 4.78 is 149. The Bertz CT molecular complexity index is 2190. The summed E-state index contributed by atoms with van der Waals surface area (Å²) in [6.07, 6.45) is 0. The zero-order chi connectivity index (χ0) is 33.2. The molecule has 6 rings (SSSR count). The van der Waals surface area contributed by atoms with E-state index in [0.717, 1.165) is 6.07 Å². The van der Waals surface area contributed by atoms with Crippen LogP contribution in [0.4, 0.5) is 43.9 Å². The topological polar surface area (TPSA) is 52.6 Å². The average molecular weight is 650 g/mol. The molecule has 14 heteroatoms.